The van der Waals surface area contributed by atoms with E-state index in [1.165, 1.54) is 0 Å². The summed E-state index contributed by atoms with van der Waals surface area (Å²) in [6.45, 7) is 0. The van der Waals surface area contributed by atoms with Crippen molar-refractivity contribution < 1.29 is 4.79 Å². The molecule has 21 heavy (non-hydrogen) atoms. The zero-order chi connectivity index (χ0) is 14.5. The lowest BCUT2D eigenvalue weighted by Crippen LogP contribution is -2.17. The summed E-state index contributed by atoms with van der Waals surface area (Å²) < 4.78 is 0. The van der Waals surface area contributed by atoms with Gasteiger partial charge in [0.25, 0.3) is 5.91 Å². The van der Waals surface area contributed by atoms with Crippen molar-refractivity contribution in [1.29, 1.82) is 0 Å². The summed E-state index contributed by atoms with van der Waals surface area (Å²) in [6.07, 6.45) is 1.62. The molecule has 0 aliphatic rings. The molecule has 0 heterocycles. The zero-order valence-corrected chi connectivity index (χ0v) is 11.4. The number of fused-ring (bicyclic) bond motifs is 1. The number of nitrogens with zero attached hydrogens (tertiary/aromatic N) is 1. The third-order valence-corrected chi connectivity index (χ3v) is 3.19. The molecule has 3 aromatic carbocycles. The lowest BCUT2D eigenvalue weighted by molar-refractivity contribution is 0.0955. The first kappa shape index (κ1) is 13.1. The highest BCUT2D eigenvalue weighted by molar-refractivity contribution is 5.98. The van der Waals surface area contributed by atoms with Crippen molar-refractivity contribution in [3.63, 3.8) is 0 Å². The second-order valence-corrected chi connectivity index (χ2v) is 4.67. The van der Waals surface area contributed by atoms with Gasteiger partial charge < -0.3 is 0 Å². The van der Waals surface area contributed by atoms with Crippen molar-refractivity contribution in [3.05, 3.63) is 83.9 Å². The molecule has 0 saturated carbocycles. The van der Waals surface area contributed by atoms with Crippen LogP contribution >= 0.6 is 0 Å². The van der Waals surface area contributed by atoms with Gasteiger partial charge in [-0.25, -0.2) is 5.43 Å². The summed E-state index contributed by atoms with van der Waals surface area (Å²) in [6, 6.07) is 23.2. The maximum absolute atomic E-state index is 12.1. The standard InChI is InChI=1S/C18H14N2O/c21-18(20-19-13-14-6-2-1-3-7-14)17-11-10-15-8-4-5-9-16(15)12-17/h1-13H,(H,20,21). The first-order chi connectivity index (χ1) is 10.3. The van der Waals surface area contributed by atoms with Gasteiger partial charge in [-0.3, -0.25) is 4.79 Å². The fraction of sp³-hybridized carbons (Fsp3) is 0. The van der Waals surface area contributed by atoms with Gasteiger partial charge in [-0.05, 0) is 28.5 Å². The molecule has 0 aromatic heterocycles. The topological polar surface area (TPSA) is 41.5 Å². The first-order valence-corrected chi connectivity index (χ1v) is 6.70. The lowest BCUT2D eigenvalue weighted by atomic mass is 10.1. The number of rotatable bonds is 3. The average Bonchev–Trinajstić information content (AvgIpc) is 2.55. The highest BCUT2D eigenvalue weighted by Crippen LogP contribution is 2.15. The van der Waals surface area contributed by atoms with Crippen molar-refractivity contribution in [2.75, 3.05) is 0 Å². The van der Waals surface area contributed by atoms with Crippen molar-refractivity contribution >= 4 is 22.9 Å². The third-order valence-electron chi connectivity index (χ3n) is 3.19. The molecule has 3 rings (SSSR count). The fourth-order valence-electron chi connectivity index (χ4n) is 2.10. The highest BCUT2D eigenvalue weighted by atomic mass is 16.2. The molecule has 3 heteroatoms. The number of hydrazone groups is 1. The molecule has 0 atom stereocenters. The van der Waals surface area contributed by atoms with Crippen molar-refractivity contribution in [1.82, 2.24) is 5.43 Å². The van der Waals surface area contributed by atoms with Crippen LogP contribution in [0, 0.1) is 0 Å². The van der Waals surface area contributed by atoms with E-state index in [0.717, 1.165) is 16.3 Å². The van der Waals surface area contributed by atoms with Gasteiger partial charge in [-0.15, -0.1) is 0 Å². The second kappa shape index (κ2) is 6.01. The van der Waals surface area contributed by atoms with Crippen LogP contribution in [0.3, 0.4) is 0 Å². The minimum atomic E-state index is -0.215. The molecular weight excluding hydrogens is 260 g/mol. The van der Waals surface area contributed by atoms with Crippen LogP contribution in [0.2, 0.25) is 0 Å². The van der Waals surface area contributed by atoms with Gasteiger partial charge in [-0.2, -0.15) is 5.10 Å². The molecule has 3 nitrogen and oxygen atoms in total. The summed E-state index contributed by atoms with van der Waals surface area (Å²) >= 11 is 0. The SMILES string of the molecule is O=C(NN=Cc1ccccc1)c1ccc2ccccc2c1. The Morgan fingerprint density at radius 1 is 0.857 bits per heavy atom. The number of hydrogen-bond donors (Lipinski definition) is 1. The van der Waals surface area contributed by atoms with Gasteiger partial charge in [0.1, 0.15) is 0 Å². The maximum Gasteiger partial charge on any atom is 0.271 e. The Morgan fingerprint density at radius 3 is 2.38 bits per heavy atom. The summed E-state index contributed by atoms with van der Waals surface area (Å²) in [5.74, 6) is -0.215. The van der Waals surface area contributed by atoms with Gasteiger partial charge in [-0.1, -0.05) is 60.7 Å². The Labute approximate surface area is 122 Å². The van der Waals surface area contributed by atoms with Crippen LogP contribution < -0.4 is 5.43 Å². The smallest absolute Gasteiger partial charge is 0.267 e. The summed E-state index contributed by atoms with van der Waals surface area (Å²) in [5.41, 5.74) is 4.08. The maximum atomic E-state index is 12.1. The summed E-state index contributed by atoms with van der Waals surface area (Å²) in [4.78, 5) is 12.1. The number of carbonyl (C=O) groups excluding carboxylic acids is 1. The molecule has 1 N–H and O–H groups in total. The average molecular weight is 274 g/mol. The van der Waals surface area contributed by atoms with Crippen LogP contribution in [0.4, 0.5) is 0 Å². The van der Waals surface area contributed by atoms with E-state index in [1.807, 2.05) is 66.7 Å². The monoisotopic (exact) mass is 274 g/mol. The quantitative estimate of drug-likeness (QED) is 0.575. The number of benzene rings is 3. The van der Waals surface area contributed by atoms with Crippen LogP contribution in [-0.4, -0.2) is 12.1 Å². The number of nitrogens with one attached hydrogen (secondary N) is 1. The van der Waals surface area contributed by atoms with Crippen LogP contribution in [0.1, 0.15) is 15.9 Å². The van der Waals surface area contributed by atoms with E-state index >= 15 is 0 Å². The van der Waals surface area contributed by atoms with E-state index in [2.05, 4.69) is 10.5 Å². The normalized spacial score (nSPS) is 10.9. The Morgan fingerprint density at radius 2 is 1.57 bits per heavy atom. The van der Waals surface area contributed by atoms with Crippen LogP contribution in [0.15, 0.2) is 77.9 Å². The fourth-order valence-corrected chi connectivity index (χ4v) is 2.10. The number of carbonyl (C=O) groups is 1. The summed E-state index contributed by atoms with van der Waals surface area (Å²) in [5, 5.41) is 6.13. The van der Waals surface area contributed by atoms with Gasteiger partial charge in [0, 0.05) is 5.56 Å². The molecule has 0 bridgehead atoms. The second-order valence-electron chi connectivity index (χ2n) is 4.67. The van der Waals surface area contributed by atoms with E-state index < -0.39 is 0 Å². The molecule has 0 aliphatic heterocycles. The van der Waals surface area contributed by atoms with E-state index in [1.54, 1.807) is 12.3 Å². The van der Waals surface area contributed by atoms with E-state index in [4.69, 9.17) is 0 Å². The van der Waals surface area contributed by atoms with Gasteiger partial charge >= 0.3 is 0 Å². The van der Waals surface area contributed by atoms with Crippen LogP contribution in [0.25, 0.3) is 10.8 Å². The number of amides is 1. The Hall–Kier alpha value is -2.94. The molecule has 0 spiro atoms. The van der Waals surface area contributed by atoms with Crippen LogP contribution in [-0.2, 0) is 0 Å². The van der Waals surface area contributed by atoms with Gasteiger partial charge in [0.15, 0.2) is 0 Å². The highest BCUT2D eigenvalue weighted by Gasteiger charge is 2.04. The molecule has 0 unspecified atom stereocenters. The number of hydrogen-bond acceptors (Lipinski definition) is 2. The first-order valence-electron chi connectivity index (χ1n) is 6.70. The summed E-state index contributed by atoms with van der Waals surface area (Å²) in [7, 11) is 0. The van der Waals surface area contributed by atoms with Gasteiger partial charge in [0.2, 0.25) is 0 Å². The van der Waals surface area contributed by atoms with Crippen LogP contribution in [0.5, 0.6) is 0 Å². The minimum absolute atomic E-state index is 0.215. The van der Waals surface area contributed by atoms with E-state index in [-0.39, 0.29) is 5.91 Å². The molecule has 102 valence electrons. The Balaban J connectivity index is 1.73. The Kier molecular flexibility index (Phi) is 3.74. The largest absolute Gasteiger partial charge is 0.271 e. The molecule has 0 fully saturated rings. The molecule has 0 saturated heterocycles. The van der Waals surface area contributed by atoms with Crippen molar-refractivity contribution in [2.45, 2.75) is 0 Å². The van der Waals surface area contributed by atoms with E-state index in [0.29, 0.717) is 5.56 Å². The Bertz CT molecular complexity index is 794. The molecule has 3 aromatic rings. The zero-order valence-electron chi connectivity index (χ0n) is 11.4. The predicted octanol–water partition coefficient (Wildman–Crippen LogP) is 3.60. The van der Waals surface area contributed by atoms with Crippen molar-refractivity contribution in [2.24, 2.45) is 5.10 Å². The van der Waals surface area contributed by atoms with Gasteiger partial charge in [0.05, 0.1) is 6.21 Å². The molecular formula is C18H14N2O. The lowest BCUT2D eigenvalue weighted by Gasteiger charge is -2.02. The third kappa shape index (κ3) is 3.15. The molecule has 0 radical (unpaired) electrons. The predicted molar refractivity (Wildman–Crippen MR) is 85.5 cm³/mol. The molecule has 0 aliphatic carbocycles. The minimum Gasteiger partial charge on any atom is -0.267 e. The van der Waals surface area contributed by atoms with E-state index in [9.17, 15) is 4.79 Å². The molecule has 1 amide bonds. The van der Waals surface area contributed by atoms with Crippen molar-refractivity contribution in [3.8, 4) is 0 Å².